The van der Waals surface area contributed by atoms with Crippen molar-refractivity contribution < 1.29 is 14.6 Å². The Morgan fingerprint density at radius 2 is 2.23 bits per heavy atom. The normalized spacial score (nSPS) is 17.0. The number of ketones is 1. The number of phenolic OH excluding ortho intramolecular Hbond substituents is 1. The first kappa shape index (κ1) is 17.3. The summed E-state index contributed by atoms with van der Waals surface area (Å²) in [6.07, 6.45) is 5.06. The highest BCUT2D eigenvalue weighted by Crippen LogP contribution is 2.41. The van der Waals surface area contributed by atoms with Crippen LogP contribution in [0.4, 0.5) is 0 Å². The molecule has 1 saturated carbocycles. The van der Waals surface area contributed by atoms with E-state index in [1.807, 2.05) is 0 Å². The van der Waals surface area contributed by atoms with Crippen LogP contribution in [0.5, 0.6) is 11.5 Å². The molecule has 0 radical (unpaired) electrons. The Labute approximate surface area is 157 Å². The first-order chi connectivity index (χ1) is 12.6. The lowest BCUT2D eigenvalue weighted by atomic mass is 10.0. The number of methoxy groups -OCH3 is 1. The molecule has 0 spiro atoms. The first-order valence-corrected chi connectivity index (χ1v) is 9.82. The molecule has 1 aliphatic carbocycles. The van der Waals surface area contributed by atoms with Crippen LogP contribution in [0.2, 0.25) is 0 Å². The number of aromatic hydroxyl groups is 1. The van der Waals surface area contributed by atoms with Crippen molar-refractivity contribution in [2.75, 3.05) is 20.2 Å². The largest absolute Gasteiger partial charge is 0.504 e. The van der Waals surface area contributed by atoms with Gasteiger partial charge >= 0.3 is 0 Å². The number of benzene rings is 1. The zero-order valence-corrected chi connectivity index (χ0v) is 15.8. The van der Waals surface area contributed by atoms with E-state index in [0.717, 1.165) is 35.9 Å². The highest BCUT2D eigenvalue weighted by atomic mass is 32.1. The van der Waals surface area contributed by atoms with E-state index >= 15 is 0 Å². The topological polar surface area (TPSA) is 49.8 Å². The zero-order valence-electron chi connectivity index (χ0n) is 15.0. The number of allylic oxidation sites excluding steroid dienone is 1. The van der Waals surface area contributed by atoms with E-state index in [1.165, 1.54) is 43.0 Å². The Bertz CT molecular complexity index is 866. The molecule has 1 fully saturated rings. The van der Waals surface area contributed by atoms with Gasteiger partial charge in [-0.25, -0.2) is 0 Å². The fraction of sp³-hybridized carbons (Fsp3) is 0.381. The van der Waals surface area contributed by atoms with Gasteiger partial charge in [-0.05, 0) is 60.6 Å². The molecule has 4 nitrogen and oxygen atoms in total. The van der Waals surface area contributed by atoms with E-state index in [0.29, 0.717) is 5.75 Å². The van der Waals surface area contributed by atoms with E-state index in [-0.39, 0.29) is 17.1 Å². The second-order valence-electron chi connectivity index (χ2n) is 7.13. The Morgan fingerprint density at radius 1 is 1.42 bits per heavy atom. The summed E-state index contributed by atoms with van der Waals surface area (Å²) in [5, 5.41) is 10.3. The van der Waals surface area contributed by atoms with Gasteiger partial charge in [0.05, 0.1) is 12.7 Å². The molecule has 0 amide bonds. The van der Waals surface area contributed by atoms with Gasteiger partial charge in [0.15, 0.2) is 17.3 Å². The maximum Gasteiger partial charge on any atom is 0.189 e. The van der Waals surface area contributed by atoms with Crippen molar-refractivity contribution in [1.82, 2.24) is 4.90 Å². The van der Waals surface area contributed by atoms with Crippen molar-refractivity contribution >= 4 is 17.1 Å². The second-order valence-corrected chi connectivity index (χ2v) is 8.27. The molecule has 0 atom stereocenters. The minimum absolute atomic E-state index is 0.127. The maximum atomic E-state index is 12.1. The summed E-state index contributed by atoms with van der Waals surface area (Å²) in [5.41, 5.74) is 2.52. The smallest absolute Gasteiger partial charge is 0.189 e. The lowest BCUT2D eigenvalue weighted by molar-refractivity contribution is 0.104. The molecule has 2 heterocycles. The Kier molecular flexibility index (Phi) is 4.59. The Balaban J connectivity index is 1.66. The van der Waals surface area contributed by atoms with Crippen molar-refractivity contribution in [2.45, 2.75) is 25.8 Å². The van der Waals surface area contributed by atoms with Gasteiger partial charge in [0.1, 0.15) is 0 Å². The number of hydrogen-bond donors (Lipinski definition) is 1. The SMILES string of the molecule is C=CC(=O)c1cc(-c2cc3c(s2)CCN(CC2CC2)C3)cc(OC)c1O. The molecule has 2 aromatic rings. The van der Waals surface area contributed by atoms with Crippen molar-refractivity contribution in [1.29, 1.82) is 0 Å². The molecular weight excluding hydrogens is 346 g/mol. The first-order valence-electron chi connectivity index (χ1n) is 9.01. The van der Waals surface area contributed by atoms with Gasteiger partial charge in [0, 0.05) is 29.4 Å². The van der Waals surface area contributed by atoms with E-state index in [4.69, 9.17) is 4.74 Å². The van der Waals surface area contributed by atoms with Gasteiger partial charge in [-0.15, -0.1) is 11.3 Å². The van der Waals surface area contributed by atoms with Crippen molar-refractivity contribution in [3.63, 3.8) is 0 Å². The zero-order chi connectivity index (χ0) is 18.3. The van der Waals surface area contributed by atoms with Crippen LogP contribution < -0.4 is 4.74 Å². The number of carbonyl (C=O) groups excluding carboxylic acids is 1. The van der Waals surface area contributed by atoms with Gasteiger partial charge in [-0.2, -0.15) is 0 Å². The molecule has 4 rings (SSSR count). The number of carbonyl (C=O) groups is 1. The standard InChI is InChI=1S/C21H23NO3S/c1-3-17(23)16-8-14(9-18(25-2)21(16)24)20-10-15-12-22(11-13-4-5-13)7-6-19(15)26-20/h3,8-10,13,24H,1,4-7,11-12H2,2H3. The highest BCUT2D eigenvalue weighted by molar-refractivity contribution is 7.15. The average molecular weight is 369 g/mol. The monoisotopic (exact) mass is 369 g/mol. The van der Waals surface area contributed by atoms with Crippen LogP contribution >= 0.6 is 11.3 Å². The number of hydrogen-bond acceptors (Lipinski definition) is 5. The van der Waals surface area contributed by atoms with Gasteiger partial charge in [0.25, 0.3) is 0 Å². The lowest BCUT2D eigenvalue weighted by Gasteiger charge is -2.26. The molecule has 1 aromatic carbocycles. The van der Waals surface area contributed by atoms with Crippen molar-refractivity contribution in [3.8, 4) is 21.9 Å². The van der Waals surface area contributed by atoms with Crippen LogP contribution in [0.3, 0.4) is 0 Å². The number of rotatable bonds is 6. The average Bonchev–Trinajstić information content (AvgIpc) is 3.36. The molecule has 0 saturated heterocycles. The van der Waals surface area contributed by atoms with Crippen LogP contribution in [0.1, 0.15) is 33.6 Å². The van der Waals surface area contributed by atoms with Crippen LogP contribution in [0, 0.1) is 5.92 Å². The quantitative estimate of drug-likeness (QED) is 0.610. The fourth-order valence-electron chi connectivity index (χ4n) is 3.56. The number of thiophene rings is 1. The summed E-state index contributed by atoms with van der Waals surface area (Å²) in [5.74, 6) is 0.788. The summed E-state index contributed by atoms with van der Waals surface area (Å²) >= 11 is 1.78. The number of fused-ring (bicyclic) bond motifs is 1. The van der Waals surface area contributed by atoms with Gasteiger partial charge < -0.3 is 9.84 Å². The summed E-state index contributed by atoms with van der Waals surface area (Å²) in [7, 11) is 1.50. The third-order valence-corrected chi connectivity index (χ3v) is 6.48. The van der Waals surface area contributed by atoms with Crippen LogP contribution in [0.25, 0.3) is 10.4 Å². The molecule has 5 heteroatoms. The maximum absolute atomic E-state index is 12.1. The van der Waals surface area contributed by atoms with Crippen LogP contribution in [0.15, 0.2) is 30.9 Å². The predicted octanol–water partition coefficient (Wildman–Crippen LogP) is 4.27. The molecule has 0 unspecified atom stereocenters. The lowest BCUT2D eigenvalue weighted by Crippen LogP contribution is -2.31. The Morgan fingerprint density at radius 3 is 2.92 bits per heavy atom. The van der Waals surface area contributed by atoms with Crippen LogP contribution in [-0.4, -0.2) is 36.0 Å². The summed E-state index contributed by atoms with van der Waals surface area (Å²) in [6.45, 7) is 6.88. The van der Waals surface area contributed by atoms with E-state index in [2.05, 4.69) is 17.5 Å². The van der Waals surface area contributed by atoms with E-state index < -0.39 is 0 Å². The third kappa shape index (κ3) is 3.29. The van der Waals surface area contributed by atoms with E-state index in [1.54, 1.807) is 23.5 Å². The number of ether oxygens (including phenoxy) is 1. The molecule has 1 aliphatic heterocycles. The van der Waals surface area contributed by atoms with Gasteiger partial charge in [0.2, 0.25) is 0 Å². The molecule has 0 bridgehead atoms. The molecule has 26 heavy (non-hydrogen) atoms. The van der Waals surface area contributed by atoms with Gasteiger partial charge in [-0.3, -0.25) is 9.69 Å². The highest BCUT2D eigenvalue weighted by Gasteiger charge is 2.27. The second kappa shape index (κ2) is 6.89. The van der Waals surface area contributed by atoms with Crippen molar-refractivity contribution in [3.05, 3.63) is 46.9 Å². The predicted molar refractivity (Wildman–Crippen MR) is 104 cm³/mol. The fourth-order valence-corrected chi connectivity index (χ4v) is 4.71. The minimum Gasteiger partial charge on any atom is -0.504 e. The van der Waals surface area contributed by atoms with E-state index in [9.17, 15) is 9.90 Å². The molecule has 2 aliphatic rings. The summed E-state index contributed by atoms with van der Waals surface area (Å²) < 4.78 is 5.27. The molecule has 136 valence electrons. The molecule has 1 aromatic heterocycles. The van der Waals surface area contributed by atoms with Gasteiger partial charge in [-0.1, -0.05) is 6.58 Å². The Hall–Kier alpha value is -2.11. The summed E-state index contributed by atoms with van der Waals surface area (Å²) in [4.78, 5) is 17.2. The summed E-state index contributed by atoms with van der Waals surface area (Å²) in [6, 6.07) is 5.77. The number of nitrogens with zero attached hydrogens (tertiary/aromatic N) is 1. The van der Waals surface area contributed by atoms with Crippen molar-refractivity contribution in [2.24, 2.45) is 5.92 Å². The third-order valence-electron chi connectivity index (χ3n) is 5.19. The molecular formula is C21H23NO3S. The molecule has 1 N–H and O–H groups in total. The minimum atomic E-state index is -0.306. The van der Waals surface area contributed by atoms with Crippen LogP contribution in [-0.2, 0) is 13.0 Å². The number of phenols is 1.